The first-order valence-corrected chi connectivity index (χ1v) is 11.9. The summed E-state index contributed by atoms with van der Waals surface area (Å²) in [4.78, 5) is 12.3. The van der Waals surface area contributed by atoms with Gasteiger partial charge in [0.2, 0.25) is 0 Å². The van der Waals surface area contributed by atoms with Gasteiger partial charge in [0.1, 0.15) is 10.8 Å². The predicted molar refractivity (Wildman–Crippen MR) is 119 cm³/mol. The number of thioether (sulfide) groups is 1. The van der Waals surface area contributed by atoms with E-state index in [-0.39, 0.29) is 12.2 Å². The minimum atomic E-state index is 0.255. The molecule has 0 spiro atoms. The third-order valence-corrected chi connectivity index (χ3v) is 6.97. The van der Waals surface area contributed by atoms with Crippen molar-refractivity contribution in [1.82, 2.24) is 9.88 Å². The Bertz CT molecular complexity index is 923. The lowest BCUT2D eigenvalue weighted by atomic mass is 10.1. The second-order valence-electron chi connectivity index (χ2n) is 8.12. The van der Waals surface area contributed by atoms with Gasteiger partial charge < -0.3 is 19.1 Å². The minimum absolute atomic E-state index is 0.255. The average molecular weight is 428 g/mol. The maximum Gasteiger partial charge on any atom is 0.166 e. The van der Waals surface area contributed by atoms with Crippen LogP contribution in [-0.4, -0.2) is 60.2 Å². The molecule has 7 heteroatoms. The van der Waals surface area contributed by atoms with E-state index >= 15 is 0 Å². The molecule has 0 N–H and O–H groups in total. The molecule has 2 fully saturated rings. The zero-order valence-electron chi connectivity index (χ0n) is 17.5. The summed E-state index contributed by atoms with van der Waals surface area (Å²) < 4.78 is 17.4. The monoisotopic (exact) mass is 427 g/mol. The van der Waals surface area contributed by atoms with Gasteiger partial charge in [-0.15, -0.1) is 0 Å². The molecule has 1 aromatic heterocycles. The Morgan fingerprint density at radius 2 is 2.00 bits per heavy atom. The lowest BCUT2D eigenvalue weighted by Crippen LogP contribution is -2.38. The molecule has 0 amide bonds. The largest absolute Gasteiger partial charge is 0.494 e. The van der Waals surface area contributed by atoms with Crippen LogP contribution in [0.5, 0.6) is 5.75 Å². The van der Waals surface area contributed by atoms with Gasteiger partial charge in [0.25, 0.3) is 0 Å². The molecule has 3 aliphatic heterocycles. The molecule has 6 nitrogen and oxygen atoms in total. The molecule has 3 aliphatic rings. The van der Waals surface area contributed by atoms with Crippen LogP contribution in [0.25, 0.3) is 10.9 Å². The van der Waals surface area contributed by atoms with E-state index in [9.17, 15) is 0 Å². The summed E-state index contributed by atoms with van der Waals surface area (Å²) in [5, 5.41) is 3.23. The van der Waals surface area contributed by atoms with Crippen molar-refractivity contribution in [3.63, 3.8) is 0 Å². The van der Waals surface area contributed by atoms with E-state index in [2.05, 4.69) is 17.0 Å². The number of rotatable bonds is 6. The number of benzene rings is 1. The number of aliphatic imine (C=N–C) groups is 1. The highest BCUT2D eigenvalue weighted by molar-refractivity contribution is 8.13. The van der Waals surface area contributed by atoms with Crippen LogP contribution < -0.4 is 4.74 Å². The minimum Gasteiger partial charge on any atom is -0.494 e. The number of ether oxygens (including phenoxy) is 3. The number of fused-ring (bicyclic) bond motifs is 2. The Morgan fingerprint density at radius 3 is 2.77 bits per heavy atom. The molecule has 1 aromatic carbocycles. The third-order valence-electron chi connectivity index (χ3n) is 5.86. The highest BCUT2D eigenvalue weighted by Crippen LogP contribution is 2.35. The molecule has 2 atom stereocenters. The highest BCUT2D eigenvalue weighted by Gasteiger charge is 2.28. The van der Waals surface area contributed by atoms with Gasteiger partial charge >= 0.3 is 0 Å². The van der Waals surface area contributed by atoms with Crippen LogP contribution in [0.2, 0.25) is 0 Å². The fraction of sp³-hybridized carbons (Fsp3) is 0.565. The van der Waals surface area contributed by atoms with Crippen LogP contribution in [0, 0.1) is 0 Å². The summed E-state index contributed by atoms with van der Waals surface area (Å²) >= 11 is 1.68. The maximum atomic E-state index is 5.92. The Morgan fingerprint density at radius 1 is 1.17 bits per heavy atom. The molecular formula is C23H29N3O3S. The zero-order chi connectivity index (χ0) is 20.3. The van der Waals surface area contributed by atoms with Crippen LogP contribution in [0.1, 0.15) is 38.2 Å². The van der Waals surface area contributed by atoms with Crippen LogP contribution >= 0.6 is 11.8 Å². The molecule has 0 radical (unpaired) electrons. The number of nitrogens with zero attached hydrogens (tertiary/aromatic N) is 3. The van der Waals surface area contributed by atoms with Crippen molar-refractivity contribution < 1.29 is 14.2 Å². The fourth-order valence-electron chi connectivity index (χ4n) is 4.34. The summed E-state index contributed by atoms with van der Waals surface area (Å²) in [6.45, 7) is 6.83. The van der Waals surface area contributed by atoms with Gasteiger partial charge in [0, 0.05) is 37.3 Å². The van der Waals surface area contributed by atoms with E-state index in [1.54, 1.807) is 11.8 Å². The second kappa shape index (κ2) is 9.12. The molecule has 5 rings (SSSR count). The number of pyridine rings is 1. The lowest BCUT2D eigenvalue weighted by molar-refractivity contribution is 0.0899. The van der Waals surface area contributed by atoms with Crippen molar-refractivity contribution in [3.8, 4) is 5.75 Å². The molecule has 30 heavy (non-hydrogen) atoms. The van der Waals surface area contributed by atoms with Gasteiger partial charge in [-0.3, -0.25) is 4.99 Å². The molecule has 2 saturated heterocycles. The van der Waals surface area contributed by atoms with E-state index in [1.165, 1.54) is 5.56 Å². The van der Waals surface area contributed by atoms with Crippen molar-refractivity contribution in [2.75, 3.05) is 32.9 Å². The second-order valence-corrected chi connectivity index (χ2v) is 9.07. The number of hydrogen-bond donors (Lipinski definition) is 0. The average Bonchev–Trinajstić information content (AvgIpc) is 3.45. The fourth-order valence-corrected chi connectivity index (χ4v) is 5.32. The standard InChI is InChI=1S/C23H29N3O3S/c1-2-27-18-7-8-21-16(12-18)11-17-14-26(15-20-6-4-10-29-20)23(30-22(17)25-21)24-13-19-5-3-9-28-19/h7-8,11-12,19-20H,2-6,9-10,13-15H2,1H3/t19-,20+/m1/s1. The van der Waals surface area contributed by atoms with E-state index in [4.69, 9.17) is 24.2 Å². The number of aromatic nitrogens is 1. The molecule has 160 valence electrons. The van der Waals surface area contributed by atoms with Crippen molar-refractivity contribution in [2.45, 2.75) is 56.4 Å². The topological polar surface area (TPSA) is 56.2 Å². The Labute approximate surface area is 182 Å². The molecule has 0 saturated carbocycles. The molecule has 0 bridgehead atoms. The van der Waals surface area contributed by atoms with Crippen molar-refractivity contribution >= 4 is 27.8 Å². The molecule has 4 heterocycles. The molecule has 2 aromatic rings. The normalized spacial score (nSPS) is 25.2. The Kier molecular flexibility index (Phi) is 6.11. The van der Waals surface area contributed by atoms with Gasteiger partial charge in [0.05, 0.1) is 30.9 Å². The van der Waals surface area contributed by atoms with Crippen LogP contribution in [-0.2, 0) is 16.0 Å². The predicted octanol–water partition coefficient (Wildman–Crippen LogP) is 4.26. The van der Waals surface area contributed by atoms with Crippen molar-refractivity contribution in [3.05, 3.63) is 29.8 Å². The number of amidine groups is 1. The van der Waals surface area contributed by atoms with Gasteiger partial charge in [-0.2, -0.15) is 0 Å². The molecular weight excluding hydrogens is 398 g/mol. The summed E-state index contributed by atoms with van der Waals surface area (Å²) in [6, 6.07) is 8.38. The smallest absolute Gasteiger partial charge is 0.166 e. The first-order chi connectivity index (χ1) is 14.8. The summed E-state index contributed by atoms with van der Waals surface area (Å²) in [5.41, 5.74) is 2.24. The van der Waals surface area contributed by atoms with E-state index in [1.807, 2.05) is 19.1 Å². The molecule has 0 unspecified atom stereocenters. The third kappa shape index (κ3) is 4.43. The van der Waals surface area contributed by atoms with Gasteiger partial charge in [-0.05, 0) is 68.6 Å². The maximum absolute atomic E-state index is 5.92. The van der Waals surface area contributed by atoms with E-state index < -0.39 is 0 Å². The van der Waals surface area contributed by atoms with E-state index in [0.717, 1.165) is 85.4 Å². The Balaban J connectivity index is 1.43. The first kappa shape index (κ1) is 20.1. The van der Waals surface area contributed by atoms with Crippen LogP contribution in [0.3, 0.4) is 0 Å². The van der Waals surface area contributed by atoms with Crippen LogP contribution in [0.15, 0.2) is 34.3 Å². The summed E-state index contributed by atoms with van der Waals surface area (Å²) in [5.74, 6) is 0.894. The van der Waals surface area contributed by atoms with E-state index in [0.29, 0.717) is 6.61 Å². The highest BCUT2D eigenvalue weighted by atomic mass is 32.2. The zero-order valence-corrected chi connectivity index (χ0v) is 18.3. The quantitative estimate of drug-likeness (QED) is 0.687. The first-order valence-electron chi connectivity index (χ1n) is 11.1. The van der Waals surface area contributed by atoms with Crippen LogP contribution in [0.4, 0.5) is 0 Å². The van der Waals surface area contributed by atoms with Gasteiger partial charge in [-0.1, -0.05) is 0 Å². The number of hydrogen-bond acceptors (Lipinski definition) is 6. The summed E-state index contributed by atoms with van der Waals surface area (Å²) in [6.07, 6.45) is 5.07. The Hall–Kier alpha value is -1.83. The molecule has 0 aliphatic carbocycles. The van der Waals surface area contributed by atoms with Gasteiger partial charge in [-0.25, -0.2) is 4.98 Å². The summed E-state index contributed by atoms with van der Waals surface area (Å²) in [7, 11) is 0. The van der Waals surface area contributed by atoms with Crippen molar-refractivity contribution in [2.24, 2.45) is 4.99 Å². The van der Waals surface area contributed by atoms with Crippen molar-refractivity contribution in [1.29, 1.82) is 0 Å². The lowest BCUT2D eigenvalue weighted by Gasteiger charge is -2.32. The van der Waals surface area contributed by atoms with Gasteiger partial charge in [0.15, 0.2) is 5.17 Å². The SMILES string of the molecule is CCOc1ccc2nc3c(cc2c1)CN(C[C@@H]1CCCO1)C(=NC[C@H]1CCCO1)S3.